The molecule has 0 aliphatic carbocycles. The van der Waals surface area contributed by atoms with Gasteiger partial charge >= 0.3 is 0 Å². The molecule has 1 unspecified atom stereocenters. The van der Waals surface area contributed by atoms with Gasteiger partial charge in [-0.05, 0) is 31.8 Å². The Balaban J connectivity index is 1.96. The Morgan fingerprint density at radius 1 is 1.08 bits per heavy atom. The minimum Gasteiger partial charge on any atom is -0.376 e. The normalized spacial score (nSPS) is 21.0. The number of rotatable bonds is 4. The molecule has 1 fully saturated rings. The fourth-order valence-electron chi connectivity index (χ4n) is 3.30. The van der Waals surface area contributed by atoms with Crippen molar-refractivity contribution < 1.29 is 9.53 Å². The van der Waals surface area contributed by atoms with Gasteiger partial charge in [-0.3, -0.25) is 9.69 Å². The highest BCUT2D eigenvalue weighted by atomic mass is 16.5. The van der Waals surface area contributed by atoms with Crippen LogP contribution in [0.2, 0.25) is 0 Å². The summed E-state index contributed by atoms with van der Waals surface area (Å²) in [5.41, 5.74) is 1.44. The van der Waals surface area contributed by atoms with E-state index in [9.17, 15) is 4.79 Å². The predicted molar refractivity (Wildman–Crippen MR) is 94.9 cm³/mol. The molecule has 4 heteroatoms. The van der Waals surface area contributed by atoms with Gasteiger partial charge in [-0.15, -0.1) is 0 Å². The number of carbonyl (C=O) groups excluding carboxylic acids is 1. The molecule has 0 saturated carbocycles. The molecule has 1 atom stereocenters. The van der Waals surface area contributed by atoms with Gasteiger partial charge in [0.25, 0.3) is 5.91 Å². The Labute approximate surface area is 143 Å². The minimum absolute atomic E-state index is 0.0588. The van der Waals surface area contributed by atoms with Crippen LogP contribution in [-0.4, -0.2) is 55.2 Å². The van der Waals surface area contributed by atoms with Gasteiger partial charge < -0.3 is 9.64 Å². The first kappa shape index (κ1) is 16.7. The predicted octanol–water partition coefficient (Wildman–Crippen LogP) is 2.66. The molecule has 1 amide bonds. The van der Waals surface area contributed by atoms with Crippen LogP contribution in [0.25, 0.3) is 0 Å². The zero-order chi connectivity index (χ0) is 17.0. The number of carbonyl (C=O) groups is 1. The van der Waals surface area contributed by atoms with Crippen molar-refractivity contribution in [2.75, 3.05) is 33.9 Å². The highest BCUT2D eigenvalue weighted by Crippen LogP contribution is 2.29. The minimum atomic E-state index is -0.480. The van der Waals surface area contributed by atoms with E-state index in [1.165, 1.54) is 5.56 Å². The molecule has 126 valence electrons. The molecule has 1 aliphatic heterocycles. The van der Waals surface area contributed by atoms with E-state index in [1.807, 2.05) is 67.5 Å². The van der Waals surface area contributed by atoms with E-state index < -0.39 is 5.66 Å². The molecule has 1 heterocycles. The zero-order valence-electron chi connectivity index (χ0n) is 14.3. The number of hydrogen-bond acceptors (Lipinski definition) is 3. The third-order valence-corrected chi connectivity index (χ3v) is 4.72. The first-order valence-electron chi connectivity index (χ1n) is 8.29. The van der Waals surface area contributed by atoms with Gasteiger partial charge in [-0.2, -0.15) is 0 Å². The molecular formula is C20H24N2O2. The number of hydrogen-bond donors (Lipinski definition) is 0. The van der Waals surface area contributed by atoms with E-state index in [-0.39, 0.29) is 5.91 Å². The number of morpholine rings is 1. The van der Waals surface area contributed by atoms with Crippen LogP contribution < -0.4 is 0 Å². The molecule has 4 nitrogen and oxygen atoms in total. The smallest absolute Gasteiger partial charge is 0.255 e. The Hall–Kier alpha value is -2.17. The Morgan fingerprint density at radius 3 is 2.33 bits per heavy atom. The van der Waals surface area contributed by atoms with E-state index in [2.05, 4.69) is 17.0 Å². The van der Waals surface area contributed by atoms with Crippen molar-refractivity contribution in [2.45, 2.75) is 12.1 Å². The van der Waals surface area contributed by atoms with Crippen molar-refractivity contribution in [1.29, 1.82) is 0 Å². The third-order valence-electron chi connectivity index (χ3n) is 4.72. The SMILES string of the molecule is CN(C)C1(Cc2ccccc2)COCCN1C(=O)c1ccccc1. The second kappa shape index (κ2) is 7.16. The van der Waals surface area contributed by atoms with Crippen molar-refractivity contribution in [3.8, 4) is 0 Å². The van der Waals surface area contributed by atoms with Crippen LogP contribution in [0.5, 0.6) is 0 Å². The van der Waals surface area contributed by atoms with Crippen molar-refractivity contribution in [3.05, 3.63) is 71.8 Å². The van der Waals surface area contributed by atoms with Gasteiger partial charge in [0.15, 0.2) is 0 Å². The monoisotopic (exact) mass is 324 g/mol. The van der Waals surface area contributed by atoms with Gasteiger partial charge in [-0.25, -0.2) is 0 Å². The first-order chi connectivity index (χ1) is 11.6. The number of nitrogens with zero attached hydrogens (tertiary/aromatic N) is 2. The molecule has 0 radical (unpaired) electrons. The molecule has 3 rings (SSSR count). The molecule has 24 heavy (non-hydrogen) atoms. The molecule has 2 aromatic rings. The van der Waals surface area contributed by atoms with Crippen molar-refractivity contribution in [2.24, 2.45) is 0 Å². The lowest BCUT2D eigenvalue weighted by atomic mass is 9.95. The van der Waals surface area contributed by atoms with Gasteiger partial charge in [0.2, 0.25) is 0 Å². The molecule has 1 aliphatic rings. The summed E-state index contributed by atoms with van der Waals surface area (Å²) in [4.78, 5) is 17.2. The fourth-order valence-corrected chi connectivity index (χ4v) is 3.30. The Bertz CT molecular complexity index is 673. The van der Waals surface area contributed by atoms with Crippen molar-refractivity contribution in [3.63, 3.8) is 0 Å². The van der Waals surface area contributed by atoms with E-state index in [4.69, 9.17) is 4.74 Å². The molecule has 0 spiro atoms. The largest absolute Gasteiger partial charge is 0.376 e. The average molecular weight is 324 g/mol. The van der Waals surface area contributed by atoms with Crippen LogP contribution in [0, 0.1) is 0 Å². The quantitative estimate of drug-likeness (QED) is 0.867. The van der Waals surface area contributed by atoms with Crippen LogP contribution in [0.4, 0.5) is 0 Å². The van der Waals surface area contributed by atoms with E-state index in [1.54, 1.807) is 0 Å². The van der Waals surface area contributed by atoms with Gasteiger partial charge in [0.05, 0.1) is 13.2 Å². The van der Waals surface area contributed by atoms with Gasteiger partial charge in [-0.1, -0.05) is 48.5 Å². The molecule has 0 bridgehead atoms. The summed E-state index contributed by atoms with van der Waals surface area (Å²) in [6.07, 6.45) is 0.736. The number of ether oxygens (including phenoxy) is 1. The average Bonchev–Trinajstić information content (AvgIpc) is 2.63. The van der Waals surface area contributed by atoms with E-state index in [0.29, 0.717) is 19.8 Å². The lowest BCUT2D eigenvalue weighted by Gasteiger charge is -2.51. The summed E-state index contributed by atoms with van der Waals surface area (Å²) in [5.74, 6) is 0.0588. The molecule has 1 saturated heterocycles. The Morgan fingerprint density at radius 2 is 1.71 bits per heavy atom. The lowest BCUT2D eigenvalue weighted by molar-refractivity contribution is -0.116. The zero-order valence-corrected chi connectivity index (χ0v) is 14.3. The molecule has 0 N–H and O–H groups in total. The maximum absolute atomic E-state index is 13.2. The first-order valence-corrected chi connectivity index (χ1v) is 8.29. The van der Waals surface area contributed by atoms with Crippen LogP contribution in [-0.2, 0) is 11.2 Å². The summed E-state index contributed by atoms with van der Waals surface area (Å²) < 4.78 is 5.80. The topological polar surface area (TPSA) is 32.8 Å². The van der Waals surface area contributed by atoms with Crippen LogP contribution in [0.3, 0.4) is 0 Å². The van der Waals surface area contributed by atoms with Crippen LogP contribution >= 0.6 is 0 Å². The number of likely N-dealkylation sites (N-methyl/N-ethyl adjacent to an activating group) is 1. The van der Waals surface area contributed by atoms with Crippen LogP contribution in [0.15, 0.2) is 60.7 Å². The summed E-state index contributed by atoms with van der Waals surface area (Å²) >= 11 is 0. The second-order valence-corrected chi connectivity index (χ2v) is 6.41. The third kappa shape index (κ3) is 3.21. The van der Waals surface area contributed by atoms with Crippen molar-refractivity contribution >= 4 is 5.91 Å². The maximum atomic E-state index is 13.2. The number of amides is 1. The molecule has 0 aromatic heterocycles. The summed E-state index contributed by atoms with van der Waals surface area (Å²) in [5, 5.41) is 0. The highest BCUT2D eigenvalue weighted by molar-refractivity contribution is 5.94. The van der Waals surface area contributed by atoms with E-state index >= 15 is 0 Å². The summed E-state index contributed by atoms with van der Waals surface area (Å²) in [6.45, 7) is 1.68. The standard InChI is InChI=1S/C20H24N2O2/c1-21(2)20(15-17-9-5-3-6-10-17)16-24-14-13-22(20)19(23)18-11-7-4-8-12-18/h3-12H,13-16H2,1-2H3. The highest BCUT2D eigenvalue weighted by Gasteiger charge is 2.44. The fraction of sp³-hybridized carbons (Fsp3) is 0.350. The van der Waals surface area contributed by atoms with Gasteiger partial charge in [0.1, 0.15) is 5.66 Å². The maximum Gasteiger partial charge on any atom is 0.255 e. The van der Waals surface area contributed by atoms with Crippen LogP contribution in [0.1, 0.15) is 15.9 Å². The Kier molecular flexibility index (Phi) is 4.97. The molecular weight excluding hydrogens is 300 g/mol. The van der Waals surface area contributed by atoms with E-state index in [0.717, 1.165) is 12.0 Å². The lowest BCUT2D eigenvalue weighted by Crippen LogP contribution is -2.67. The molecule has 2 aromatic carbocycles. The van der Waals surface area contributed by atoms with Gasteiger partial charge in [0, 0.05) is 18.5 Å². The van der Waals surface area contributed by atoms with Crippen molar-refractivity contribution in [1.82, 2.24) is 9.80 Å². The summed E-state index contributed by atoms with van der Waals surface area (Å²) in [6, 6.07) is 19.8. The summed E-state index contributed by atoms with van der Waals surface area (Å²) in [7, 11) is 4.03. The second-order valence-electron chi connectivity index (χ2n) is 6.41. The number of benzene rings is 2.